The van der Waals surface area contributed by atoms with Crippen LogP contribution in [0.15, 0.2) is 67.1 Å². The molecule has 5 rings (SSSR count). The minimum Gasteiger partial charge on any atom is -0.369 e. The molecule has 2 amide bonds. The molecular formula is C27H29N7O2. The maximum absolute atomic E-state index is 12.8. The fraction of sp³-hybridized carbons (Fsp3) is 0.296. The molecule has 4 aromatic rings. The molecule has 184 valence electrons. The zero-order chi connectivity index (χ0) is 24.9. The maximum atomic E-state index is 12.8. The number of fused-ring (bicyclic) bond motifs is 1. The molecule has 1 fully saturated rings. The third-order valence-corrected chi connectivity index (χ3v) is 6.41. The van der Waals surface area contributed by atoms with Crippen LogP contribution in [0, 0.1) is 12.8 Å². The first-order valence-corrected chi connectivity index (χ1v) is 12.2. The van der Waals surface area contributed by atoms with Crippen molar-refractivity contribution in [1.82, 2.24) is 25.1 Å². The fourth-order valence-corrected chi connectivity index (χ4v) is 4.53. The lowest BCUT2D eigenvalue weighted by Gasteiger charge is -2.17. The summed E-state index contributed by atoms with van der Waals surface area (Å²) in [6, 6.07) is 18.1. The molecular weight excluding hydrogens is 454 g/mol. The number of carbonyl (C=O) groups excluding carboxylic acids is 2. The van der Waals surface area contributed by atoms with Crippen molar-refractivity contribution in [2.45, 2.75) is 26.3 Å². The van der Waals surface area contributed by atoms with Crippen molar-refractivity contribution in [3.8, 4) is 0 Å². The van der Waals surface area contributed by atoms with Crippen LogP contribution in [0.4, 0.5) is 11.5 Å². The van der Waals surface area contributed by atoms with E-state index in [1.165, 1.54) is 11.9 Å². The number of carbonyl (C=O) groups is 2. The summed E-state index contributed by atoms with van der Waals surface area (Å²) in [6.07, 6.45) is 4.37. The van der Waals surface area contributed by atoms with Crippen molar-refractivity contribution in [1.29, 1.82) is 0 Å². The molecule has 1 aliphatic rings. The van der Waals surface area contributed by atoms with Crippen LogP contribution in [-0.2, 0) is 22.6 Å². The highest BCUT2D eigenvalue weighted by atomic mass is 16.2. The molecule has 0 bridgehead atoms. The molecule has 1 aliphatic heterocycles. The molecule has 0 aliphatic carbocycles. The number of aromatic nitrogens is 4. The molecule has 9 heteroatoms. The summed E-state index contributed by atoms with van der Waals surface area (Å²) in [5.74, 6) is 0.234. The van der Waals surface area contributed by atoms with Crippen LogP contribution in [0.2, 0.25) is 0 Å². The Labute approximate surface area is 209 Å². The first-order chi connectivity index (χ1) is 17.6. The third-order valence-electron chi connectivity index (χ3n) is 6.41. The van der Waals surface area contributed by atoms with Gasteiger partial charge in [-0.15, -0.1) is 0 Å². The molecule has 1 atom stereocenters. The van der Waals surface area contributed by atoms with Gasteiger partial charge in [-0.3, -0.25) is 9.59 Å². The van der Waals surface area contributed by atoms with E-state index in [-0.39, 0.29) is 24.2 Å². The Morgan fingerprint density at radius 1 is 1.08 bits per heavy atom. The Kier molecular flexibility index (Phi) is 6.88. The van der Waals surface area contributed by atoms with Gasteiger partial charge < -0.3 is 15.5 Å². The molecule has 9 nitrogen and oxygen atoms in total. The maximum Gasteiger partial charge on any atom is 0.227 e. The van der Waals surface area contributed by atoms with Crippen LogP contribution in [0.5, 0.6) is 0 Å². The van der Waals surface area contributed by atoms with Crippen molar-refractivity contribution in [3.63, 3.8) is 0 Å². The average Bonchev–Trinajstić information content (AvgIpc) is 3.49. The number of hydrogen-bond donors (Lipinski definition) is 2. The molecule has 2 aromatic heterocycles. The van der Waals surface area contributed by atoms with E-state index in [2.05, 4.69) is 37.8 Å². The minimum absolute atomic E-state index is 0.0252. The first-order valence-electron chi connectivity index (χ1n) is 12.2. The molecule has 0 spiro atoms. The fourth-order valence-electron chi connectivity index (χ4n) is 4.53. The van der Waals surface area contributed by atoms with E-state index in [1.807, 2.05) is 49.4 Å². The van der Waals surface area contributed by atoms with Crippen LogP contribution < -0.4 is 15.5 Å². The van der Waals surface area contributed by atoms with Crippen molar-refractivity contribution >= 4 is 34.4 Å². The van der Waals surface area contributed by atoms with E-state index in [1.54, 1.807) is 15.8 Å². The number of aryl methyl sites for hydroxylation is 1. The second kappa shape index (κ2) is 10.6. The molecule has 1 unspecified atom stereocenters. The van der Waals surface area contributed by atoms with Gasteiger partial charge in [0.25, 0.3) is 0 Å². The van der Waals surface area contributed by atoms with E-state index in [0.29, 0.717) is 25.3 Å². The summed E-state index contributed by atoms with van der Waals surface area (Å²) in [4.78, 5) is 35.7. The normalized spacial score (nSPS) is 15.4. The number of amides is 2. The van der Waals surface area contributed by atoms with Gasteiger partial charge in [-0.25, -0.2) is 14.6 Å². The number of hydrogen-bond acceptors (Lipinski definition) is 6. The van der Waals surface area contributed by atoms with Gasteiger partial charge in [-0.2, -0.15) is 5.10 Å². The number of benzene rings is 2. The van der Waals surface area contributed by atoms with E-state index < -0.39 is 0 Å². The standard InChI is InChI=1S/C27H29N7O2/c1-19-6-5-9-22(14-19)33-17-21(15-24(33)35)27(36)29-12-13-34-26-23(16-32-34)25(30-18-31-26)28-11-10-20-7-3-2-4-8-20/h2-9,14,16,18,21H,10-13,15,17H2,1H3,(H,29,36)(H,28,30,31). The number of nitrogens with zero attached hydrogens (tertiary/aromatic N) is 5. The molecule has 2 aromatic carbocycles. The number of anilines is 2. The van der Waals surface area contributed by atoms with Crippen LogP contribution in [-0.4, -0.2) is 51.2 Å². The summed E-state index contributed by atoms with van der Waals surface area (Å²) in [5, 5.41) is 11.6. The highest BCUT2D eigenvalue weighted by molar-refractivity contribution is 6.00. The lowest BCUT2D eigenvalue weighted by Crippen LogP contribution is -2.35. The van der Waals surface area contributed by atoms with Crippen molar-refractivity contribution in [2.75, 3.05) is 29.9 Å². The Morgan fingerprint density at radius 2 is 1.94 bits per heavy atom. The smallest absolute Gasteiger partial charge is 0.227 e. The summed E-state index contributed by atoms with van der Waals surface area (Å²) in [6.45, 7) is 3.99. The van der Waals surface area contributed by atoms with Crippen LogP contribution >= 0.6 is 0 Å². The quantitative estimate of drug-likeness (QED) is 0.379. The SMILES string of the molecule is Cc1cccc(N2CC(C(=O)NCCn3ncc4c(NCCc5ccccc5)ncnc43)CC2=O)c1. The second-order valence-corrected chi connectivity index (χ2v) is 9.03. The Hall–Kier alpha value is -4.27. The monoisotopic (exact) mass is 483 g/mol. The van der Waals surface area contributed by atoms with Gasteiger partial charge in [0.1, 0.15) is 12.1 Å². The Bertz CT molecular complexity index is 1370. The lowest BCUT2D eigenvalue weighted by atomic mass is 10.1. The molecule has 2 N–H and O–H groups in total. The largest absolute Gasteiger partial charge is 0.369 e. The summed E-state index contributed by atoms with van der Waals surface area (Å²) < 4.78 is 1.76. The lowest BCUT2D eigenvalue weighted by molar-refractivity contribution is -0.126. The topological polar surface area (TPSA) is 105 Å². The van der Waals surface area contributed by atoms with Gasteiger partial charge in [0.2, 0.25) is 11.8 Å². The van der Waals surface area contributed by atoms with Gasteiger partial charge >= 0.3 is 0 Å². The van der Waals surface area contributed by atoms with Crippen LogP contribution in [0.3, 0.4) is 0 Å². The highest BCUT2D eigenvalue weighted by Crippen LogP contribution is 2.26. The summed E-state index contributed by atoms with van der Waals surface area (Å²) in [5.41, 5.74) is 3.89. The van der Waals surface area contributed by atoms with Crippen molar-refractivity contribution in [3.05, 3.63) is 78.2 Å². The van der Waals surface area contributed by atoms with Crippen molar-refractivity contribution in [2.24, 2.45) is 5.92 Å². The van der Waals surface area contributed by atoms with E-state index >= 15 is 0 Å². The zero-order valence-corrected chi connectivity index (χ0v) is 20.2. The zero-order valence-electron chi connectivity index (χ0n) is 20.2. The van der Waals surface area contributed by atoms with Gasteiger partial charge in [0.15, 0.2) is 5.65 Å². The van der Waals surface area contributed by atoms with Crippen LogP contribution in [0.1, 0.15) is 17.5 Å². The molecule has 1 saturated heterocycles. The predicted molar refractivity (Wildman–Crippen MR) is 139 cm³/mol. The van der Waals surface area contributed by atoms with E-state index in [9.17, 15) is 9.59 Å². The molecule has 0 radical (unpaired) electrons. The van der Waals surface area contributed by atoms with Gasteiger partial charge in [-0.1, -0.05) is 42.5 Å². The molecule has 3 heterocycles. The first kappa shape index (κ1) is 23.5. The predicted octanol–water partition coefficient (Wildman–Crippen LogP) is 2.96. The number of nitrogens with one attached hydrogen (secondary N) is 2. The van der Waals surface area contributed by atoms with Crippen LogP contribution in [0.25, 0.3) is 11.0 Å². The second-order valence-electron chi connectivity index (χ2n) is 9.03. The molecule has 0 saturated carbocycles. The molecule has 36 heavy (non-hydrogen) atoms. The average molecular weight is 484 g/mol. The Balaban J connectivity index is 1.15. The highest BCUT2D eigenvalue weighted by Gasteiger charge is 2.35. The van der Waals surface area contributed by atoms with Crippen molar-refractivity contribution < 1.29 is 9.59 Å². The van der Waals surface area contributed by atoms with E-state index in [4.69, 9.17) is 0 Å². The Morgan fingerprint density at radius 3 is 2.78 bits per heavy atom. The number of rotatable bonds is 9. The van der Waals surface area contributed by atoms with E-state index in [0.717, 1.165) is 35.4 Å². The van der Waals surface area contributed by atoms with Gasteiger partial charge in [-0.05, 0) is 36.6 Å². The van der Waals surface area contributed by atoms with Gasteiger partial charge in [0, 0.05) is 31.7 Å². The summed E-state index contributed by atoms with van der Waals surface area (Å²) >= 11 is 0. The van der Waals surface area contributed by atoms with Gasteiger partial charge in [0.05, 0.1) is 24.0 Å². The third kappa shape index (κ3) is 5.19. The summed E-state index contributed by atoms with van der Waals surface area (Å²) in [7, 11) is 0. The minimum atomic E-state index is -0.366.